The zero-order chi connectivity index (χ0) is 13.8. The third-order valence-corrected chi connectivity index (χ3v) is 4.83. The molecule has 1 saturated heterocycles. The maximum atomic E-state index is 9.29. The zero-order valence-electron chi connectivity index (χ0n) is 13.2. The highest BCUT2D eigenvalue weighted by molar-refractivity contribution is 4.55. The highest BCUT2D eigenvalue weighted by atomic mass is 16.3. The largest absolute Gasteiger partial charge is 0.391 e. The SMILES string of the molecule is CCCCCCCCCC[N+]1(CCO)CCCCC1. The van der Waals surface area contributed by atoms with Crippen molar-refractivity contribution in [3.05, 3.63) is 0 Å². The lowest BCUT2D eigenvalue weighted by Crippen LogP contribution is -2.53. The molecule has 1 aliphatic rings. The number of rotatable bonds is 11. The molecule has 0 aromatic carbocycles. The third-order valence-electron chi connectivity index (χ3n) is 4.83. The molecule has 1 heterocycles. The average molecular weight is 270 g/mol. The predicted molar refractivity (Wildman–Crippen MR) is 83.3 cm³/mol. The molecule has 0 amide bonds. The first-order valence-corrected chi connectivity index (χ1v) is 8.79. The van der Waals surface area contributed by atoms with Crippen molar-refractivity contribution in [1.82, 2.24) is 0 Å². The number of likely N-dealkylation sites (tertiary alicyclic amines) is 1. The molecule has 1 N–H and O–H groups in total. The average Bonchev–Trinajstić information content (AvgIpc) is 2.43. The summed E-state index contributed by atoms with van der Waals surface area (Å²) in [6.07, 6.45) is 15.4. The standard InChI is InChI=1S/C17H36NO/c1-2-3-4-5-6-7-8-10-13-18(16-17-19)14-11-9-12-15-18/h19H,2-17H2,1H3/q+1. The number of aliphatic hydroxyl groups is 1. The van der Waals surface area contributed by atoms with Crippen molar-refractivity contribution in [2.75, 3.05) is 32.8 Å². The monoisotopic (exact) mass is 270 g/mol. The van der Waals surface area contributed by atoms with E-state index in [1.165, 1.54) is 94.7 Å². The van der Waals surface area contributed by atoms with Gasteiger partial charge >= 0.3 is 0 Å². The van der Waals surface area contributed by atoms with E-state index in [0.717, 1.165) is 6.54 Å². The van der Waals surface area contributed by atoms with Crippen molar-refractivity contribution in [1.29, 1.82) is 0 Å². The number of hydrogen-bond donors (Lipinski definition) is 1. The molecule has 1 aliphatic heterocycles. The van der Waals surface area contributed by atoms with E-state index in [1.54, 1.807) is 0 Å². The summed E-state index contributed by atoms with van der Waals surface area (Å²) in [5.41, 5.74) is 0. The Kier molecular flexibility index (Phi) is 9.54. The van der Waals surface area contributed by atoms with E-state index >= 15 is 0 Å². The van der Waals surface area contributed by atoms with Crippen LogP contribution < -0.4 is 0 Å². The molecule has 0 aliphatic carbocycles. The van der Waals surface area contributed by atoms with Gasteiger partial charge in [0.1, 0.15) is 6.54 Å². The molecule has 0 aromatic rings. The van der Waals surface area contributed by atoms with Gasteiger partial charge in [0.25, 0.3) is 0 Å². The molecule has 2 nitrogen and oxygen atoms in total. The van der Waals surface area contributed by atoms with Gasteiger partial charge in [0, 0.05) is 0 Å². The lowest BCUT2D eigenvalue weighted by atomic mass is 10.0. The lowest BCUT2D eigenvalue weighted by molar-refractivity contribution is -0.932. The van der Waals surface area contributed by atoms with Crippen molar-refractivity contribution in [3.8, 4) is 0 Å². The topological polar surface area (TPSA) is 20.2 Å². The zero-order valence-corrected chi connectivity index (χ0v) is 13.2. The minimum absolute atomic E-state index is 0.372. The van der Waals surface area contributed by atoms with Crippen LogP contribution in [0.25, 0.3) is 0 Å². The van der Waals surface area contributed by atoms with Gasteiger partial charge in [0.2, 0.25) is 0 Å². The van der Waals surface area contributed by atoms with Crippen LogP contribution in [0.15, 0.2) is 0 Å². The molecule has 0 saturated carbocycles. The lowest BCUT2D eigenvalue weighted by Gasteiger charge is -2.41. The number of aliphatic hydroxyl groups excluding tert-OH is 1. The molecule has 0 unspecified atom stereocenters. The van der Waals surface area contributed by atoms with Crippen LogP contribution in [-0.4, -0.2) is 42.4 Å². The van der Waals surface area contributed by atoms with Crippen molar-refractivity contribution in [2.24, 2.45) is 0 Å². The Bertz CT molecular complexity index is 194. The van der Waals surface area contributed by atoms with Gasteiger partial charge in [-0.05, 0) is 32.1 Å². The fraction of sp³-hybridized carbons (Fsp3) is 1.00. The van der Waals surface area contributed by atoms with Gasteiger partial charge in [-0.25, -0.2) is 0 Å². The number of nitrogens with zero attached hydrogens (tertiary/aromatic N) is 1. The van der Waals surface area contributed by atoms with Gasteiger partial charge < -0.3 is 9.59 Å². The second kappa shape index (κ2) is 10.7. The van der Waals surface area contributed by atoms with Gasteiger partial charge in [-0.15, -0.1) is 0 Å². The van der Waals surface area contributed by atoms with Crippen LogP contribution in [-0.2, 0) is 0 Å². The van der Waals surface area contributed by atoms with Gasteiger partial charge in [-0.2, -0.15) is 0 Å². The molecule has 2 heteroatoms. The van der Waals surface area contributed by atoms with Crippen LogP contribution in [0.4, 0.5) is 0 Å². The Morgan fingerprint density at radius 1 is 0.737 bits per heavy atom. The summed E-state index contributed by atoms with van der Waals surface area (Å²) >= 11 is 0. The summed E-state index contributed by atoms with van der Waals surface area (Å²) in [5.74, 6) is 0. The third kappa shape index (κ3) is 7.31. The van der Waals surface area contributed by atoms with E-state index in [0.29, 0.717) is 6.61 Å². The molecule has 0 aromatic heterocycles. The Morgan fingerprint density at radius 3 is 1.89 bits per heavy atom. The van der Waals surface area contributed by atoms with Crippen LogP contribution in [0.3, 0.4) is 0 Å². The summed E-state index contributed by atoms with van der Waals surface area (Å²) in [6, 6.07) is 0. The molecule has 114 valence electrons. The minimum Gasteiger partial charge on any atom is -0.391 e. The number of quaternary nitrogens is 1. The smallest absolute Gasteiger partial charge is 0.102 e. The molecule has 1 fully saturated rings. The van der Waals surface area contributed by atoms with Crippen LogP contribution in [0.2, 0.25) is 0 Å². The van der Waals surface area contributed by atoms with E-state index in [1.807, 2.05) is 0 Å². The highest BCUT2D eigenvalue weighted by Gasteiger charge is 2.28. The maximum absolute atomic E-state index is 9.29. The quantitative estimate of drug-likeness (QED) is 0.442. The van der Waals surface area contributed by atoms with E-state index < -0.39 is 0 Å². The van der Waals surface area contributed by atoms with Crippen molar-refractivity contribution in [2.45, 2.75) is 77.6 Å². The predicted octanol–water partition coefficient (Wildman–Crippen LogP) is 4.12. The van der Waals surface area contributed by atoms with Gasteiger partial charge in [-0.1, -0.05) is 45.4 Å². The minimum atomic E-state index is 0.372. The molecule has 0 spiro atoms. The second-order valence-electron chi connectivity index (χ2n) is 6.50. The molecule has 0 bridgehead atoms. The first kappa shape index (κ1) is 17.0. The van der Waals surface area contributed by atoms with Crippen molar-refractivity contribution in [3.63, 3.8) is 0 Å². The Labute approximate surface area is 120 Å². The summed E-state index contributed by atoms with van der Waals surface area (Å²) < 4.78 is 1.21. The van der Waals surface area contributed by atoms with E-state index in [-0.39, 0.29) is 0 Å². The Balaban J connectivity index is 2.05. The summed E-state index contributed by atoms with van der Waals surface area (Å²) in [7, 11) is 0. The summed E-state index contributed by atoms with van der Waals surface area (Å²) in [5, 5.41) is 9.29. The van der Waals surface area contributed by atoms with E-state index in [4.69, 9.17) is 0 Å². The van der Waals surface area contributed by atoms with Crippen molar-refractivity contribution < 1.29 is 9.59 Å². The normalized spacial score (nSPS) is 18.6. The van der Waals surface area contributed by atoms with Gasteiger partial charge in [0.05, 0.1) is 26.2 Å². The second-order valence-corrected chi connectivity index (χ2v) is 6.50. The first-order valence-electron chi connectivity index (χ1n) is 8.79. The summed E-state index contributed by atoms with van der Waals surface area (Å²) in [6.45, 7) is 7.60. The van der Waals surface area contributed by atoms with Crippen LogP contribution >= 0.6 is 0 Å². The Hall–Kier alpha value is -0.0800. The molecular weight excluding hydrogens is 234 g/mol. The highest BCUT2D eigenvalue weighted by Crippen LogP contribution is 2.20. The van der Waals surface area contributed by atoms with E-state index in [2.05, 4.69) is 6.92 Å². The van der Waals surface area contributed by atoms with Crippen molar-refractivity contribution >= 4 is 0 Å². The van der Waals surface area contributed by atoms with Crippen LogP contribution in [0.1, 0.15) is 77.6 Å². The van der Waals surface area contributed by atoms with Crippen LogP contribution in [0, 0.1) is 0 Å². The first-order chi connectivity index (χ1) is 9.33. The number of unbranched alkanes of at least 4 members (excludes halogenated alkanes) is 7. The summed E-state index contributed by atoms with van der Waals surface area (Å²) in [4.78, 5) is 0. The number of piperidine rings is 1. The van der Waals surface area contributed by atoms with E-state index in [9.17, 15) is 5.11 Å². The molecule has 0 radical (unpaired) electrons. The van der Waals surface area contributed by atoms with Gasteiger partial charge in [-0.3, -0.25) is 0 Å². The fourth-order valence-electron chi connectivity index (χ4n) is 3.54. The molecule has 1 rings (SSSR count). The fourth-order valence-corrected chi connectivity index (χ4v) is 3.54. The Morgan fingerprint density at radius 2 is 1.32 bits per heavy atom. The molecule has 0 atom stereocenters. The number of hydrogen-bond acceptors (Lipinski definition) is 1. The van der Waals surface area contributed by atoms with Crippen LogP contribution in [0.5, 0.6) is 0 Å². The maximum Gasteiger partial charge on any atom is 0.102 e. The van der Waals surface area contributed by atoms with Gasteiger partial charge in [0.15, 0.2) is 0 Å². The molecular formula is C17H36NO+. The molecule has 19 heavy (non-hydrogen) atoms.